The molecule has 0 saturated heterocycles. The number of carbonyl (C=O) groups is 2. The molecule has 0 saturated carbocycles. The molecule has 0 spiro atoms. The minimum atomic E-state index is -1.07. The highest BCUT2D eigenvalue weighted by molar-refractivity contribution is 5.85. The maximum Gasteiger partial charge on any atom is 0.330 e. The first-order chi connectivity index (χ1) is 11.7. The van der Waals surface area contributed by atoms with Crippen molar-refractivity contribution >= 4 is 11.9 Å². The molecule has 0 fully saturated rings. The molecule has 0 bridgehead atoms. The quantitative estimate of drug-likeness (QED) is 0.844. The van der Waals surface area contributed by atoms with E-state index in [1.165, 1.54) is 0 Å². The molecule has 2 unspecified atom stereocenters. The van der Waals surface area contributed by atoms with Crippen LogP contribution in [0.15, 0.2) is 24.3 Å². The van der Waals surface area contributed by atoms with Crippen molar-refractivity contribution in [1.82, 2.24) is 15.1 Å². The maximum absolute atomic E-state index is 12.4. The minimum Gasteiger partial charge on any atom is -0.479 e. The van der Waals surface area contributed by atoms with Gasteiger partial charge >= 0.3 is 5.97 Å². The second-order valence-corrected chi connectivity index (χ2v) is 6.55. The number of rotatable bonds is 6. The van der Waals surface area contributed by atoms with Crippen molar-refractivity contribution in [1.29, 1.82) is 0 Å². The number of amides is 1. The molecule has 1 aromatic heterocycles. The molecule has 134 valence electrons. The topological polar surface area (TPSA) is 84.2 Å². The normalized spacial score (nSPS) is 13.3. The van der Waals surface area contributed by atoms with Crippen LogP contribution >= 0.6 is 0 Å². The SMILES string of the molecule is Cc1cc(C)n(C(C)CC(=O)NC(C(=O)O)c2cccc(C)c2C)n1. The van der Waals surface area contributed by atoms with Crippen LogP contribution in [0.2, 0.25) is 0 Å². The molecule has 6 nitrogen and oxygen atoms in total. The van der Waals surface area contributed by atoms with E-state index in [0.717, 1.165) is 22.5 Å². The zero-order valence-corrected chi connectivity index (χ0v) is 15.3. The Morgan fingerprint density at radius 3 is 2.48 bits per heavy atom. The van der Waals surface area contributed by atoms with Gasteiger partial charge in [-0.25, -0.2) is 4.79 Å². The van der Waals surface area contributed by atoms with E-state index in [4.69, 9.17) is 0 Å². The van der Waals surface area contributed by atoms with Gasteiger partial charge in [0.15, 0.2) is 6.04 Å². The first kappa shape index (κ1) is 18.7. The van der Waals surface area contributed by atoms with Crippen LogP contribution in [0.3, 0.4) is 0 Å². The molecule has 0 aliphatic heterocycles. The molecule has 2 rings (SSSR count). The minimum absolute atomic E-state index is 0.151. The largest absolute Gasteiger partial charge is 0.479 e. The van der Waals surface area contributed by atoms with E-state index < -0.39 is 12.0 Å². The van der Waals surface area contributed by atoms with E-state index in [1.54, 1.807) is 16.8 Å². The first-order valence-corrected chi connectivity index (χ1v) is 8.31. The smallest absolute Gasteiger partial charge is 0.330 e. The highest BCUT2D eigenvalue weighted by Gasteiger charge is 2.25. The fourth-order valence-electron chi connectivity index (χ4n) is 3.03. The second-order valence-electron chi connectivity index (χ2n) is 6.55. The van der Waals surface area contributed by atoms with Crippen molar-refractivity contribution in [3.63, 3.8) is 0 Å². The monoisotopic (exact) mass is 343 g/mol. The predicted octanol–water partition coefficient (Wildman–Crippen LogP) is 3.01. The fraction of sp³-hybridized carbons (Fsp3) is 0.421. The molecular formula is C19H25N3O3. The Bertz CT molecular complexity index is 795. The summed E-state index contributed by atoms with van der Waals surface area (Å²) in [7, 11) is 0. The summed E-state index contributed by atoms with van der Waals surface area (Å²) in [4.78, 5) is 24.1. The Morgan fingerprint density at radius 2 is 1.92 bits per heavy atom. The summed E-state index contributed by atoms with van der Waals surface area (Å²) in [6.45, 7) is 9.52. The molecule has 1 amide bonds. The number of aliphatic carboxylic acids is 1. The third-order valence-electron chi connectivity index (χ3n) is 4.45. The van der Waals surface area contributed by atoms with Crippen LogP contribution in [0.25, 0.3) is 0 Å². The van der Waals surface area contributed by atoms with Crippen molar-refractivity contribution in [3.8, 4) is 0 Å². The highest BCUT2D eigenvalue weighted by atomic mass is 16.4. The van der Waals surface area contributed by atoms with Crippen molar-refractivity contribution in [2.75, 3.05) is 0 Å². The number of nitrogens with one attached hydrogen (secondary N) is 1. The molecule has 1 heterocycles. The summed E-state index contributed by atoms with van der Waals surface area (Å²) in [5, 5.41) is 16.6. The molecule has 6 heteroatoms. The molecule has 0 aliphatic carbocycles. The van der Waals surface area contributed by atoms with Crippen LogP contribution < -0.4 is 5.32 Å². The van der Waals surface area contributed by atoms with Gasteiger partial charge in [0.2, 0.25) is 5.91 Å². The standard InChI is InChI=1S/C19H25N3O3/c1-11-7-6-8-16(15(11)5)18(19(24)25)20-17(23)10-14(4)22-13(3)9-12(2)21-22/h6-9,14,18H,10H2,1-5H3,(H,20,23)(H,24,25). The van der Waals surface area contributed by atoms with E-state index in [9.17, 15) is 14.7 Å². The summed E-state index contributed by atoms with van der Waals surface area (Å²) >= 11 is 0. The highest BCUT2D eigenvalue weighted by Crippen LogP contribution is 2.22. The van der Waals surface area contributed by atoms with Crippen molar-refractivity contribution in [3.05, 3.63) is 52.3 Å². The molecule has 0 aliphatic rings. The molecule has 2 aromatic rings. The van der Waals surface area contributed by atoms with Crippen LogP contribution in [0, 0.1) is 27.7 Å². The van der Waals surface area contributed by atoms with Crippen molar-refractivity contribution in [2.24, 2.45) is 0 Å². The molecule has 25 heavy (non-hydrogen) atoms. The van der Waals surface area contributed by atoms with E-state index >= 15 is 0 Å². The summed E-state index contributed by atoms with van der Waals surface area (Å²) in [5.74, 6) is -1.38. The average Bonchev–Trinajstić information content (AvgIpc) is 2.86. The fourth-order valence-corrected chi connectivity index (χ4v) is 3.03. The number of benzene rings is 1. The number of nitrogens with zero attached hydrogens (tertiary/aromatic N) is 2. The van der Waals surface area contributed by atoms with Gasteiger partial charge in [-0.05, 0) is 57.4 Å². The lowest BCUT2D eigenvalue weighted by molar-refractivity contribution is -0.142. The number of carboxylic acid groups (broad SMARTS) is 1. The van der Waals surface area contributed by atoms with Gasteiger partial charge in [0.05, 0.1) is 11.7 Å². The summed E-state index contributed by atoms with van der Waals surface area (Å²) in [6, 6.07) is 6.21. The Morgan fingerprint density at radius 1 is 1.24 bits per heavy atom. The Kier molecular flexibility index (Phi) is 5.62. The lowest BCUT2D eigenvalue weighted by Gasteiger charge is -2.20. The zero-order valence-electron chi connectivity index (χ0n) is 15.3. The van der Waals surface area contributed by atoms with Crippen LogP contribution in [0.4, 0.5) is 0 Å². The molecule has 0 radical (unpaired) electrons. The van der Waals surface area contributed by atoms with E-state index in [2.05, 4.69) is 10.4 Å². The third kappa shape index (κ3) is 4.26. The van der Waals surface area contributed by atoms with Gasteiger partial charge < -0.3 is 10.4 Å². The molecule has 1 aromatic carbocycles. The predicted molar refractivity (Wildman–Crippen MR) is 95.5 cm³/mol. The van der Waals surface area contributed by atoms with E-state index in [1.807, 2.05) is 46.8 Å². The first-order valence-electron chi connectivity index (χ1n) is 8.31. The summed E-state index contributed by atoms with van der Waals surface area (Å²) < 4.78 is 1.79. The lowest BCUT2D eigenvalue weighted by atomic mass is 9.97. The average molecular weight is 343 g/mol. The number of hydrogen-bond donors (Lipinski definition) is 2. The van der Waals surface area contributed by atoms with Gasteiger partial charge in [-0.3, -0.25) is 9.48 Å². The van der Waals surface area contributed by atoms with Crippen LogP contribution in [-0.2, 0) is 9.59 Å². The summed E-state index contributed by atoms with van der Waals surface area (Å²) in [5.41, 5.74) is 4.35. The van der Waals surface area contributed by atoms with Gasteiger partial charge in [0, 0.05) is 12.1 Å². The molecule has 2 N–H and O–H groups in total. The number of carbonyl (C=O) groups excluding carboxylic acids is 1. The molecule has 2 atom stereocenters. The van der Waals surface area contributed by atoms with Crippen LogP contribution in [0.5, 0.6) is 0 Å². The van der Waals surface area contributed by atoms with Gasteiger partial charge in [-0.1, -0.05) is 18.2 Å². The summed E-state index contributed by atoms with van der Waals surface area (Å²) in [6.07, 6.45) is 0.163. The second kappa shape index (κ2) is 7.51. The van der Waals surface area contributed by atoms with Crippen molar-refractivity contribution < 1.29 is 14.7 Å². The molecular weight excluding hydrogens is 318 g/mol. The van der Waals surface area contributed by atoms with Crippen LogP contribution in [-0.4, -0.2) is 26.8 Å². The number of carboxylic acids is 1. The van der Waals surface area contributed by atoms with Gasteiger partial charge in [-0.15, -0.1) is 0 Å². The van der Waals surface area contributed by atoms with Crippen molar-refractivity contribution in [2.45, 2.75) is 53.1 Å². The third-order valence-corrected chi connectivity index (χ3v) is 4.45. The van der Waals surface area contributed by atoms with E-state index in [0.29, 0.717) is 5.56 Å². The van der Waals surface area contributed by atoms with Gasteiger partial charge in [-0.2, -0.15) is 5.10 Å². The number of hydrogen-bond acceptors (Lipinski definition) is 3. The Balaban J connectivity index is 2.14. The Hall–Kier alpha value is -2.63. The van der Waals surface area contributed by atoms with Crippen LogP contribution in [0.1, 0.15) is 53.5 Å². The van der Waals surface area contributed by atoms with E-state index in [-0.39, 0.29) is 18.4 Å². The Labute approximate surface area is 147 Å². The van der Waals surface area contributed by atoms with Gasteiger partial charge in [0.25, 0.3) is 0 Å². The number of aryl methyl sites for hydroxylation is 3. The lowest BCUT2D eigenvalue weighted by Crippen LogP contribution is -2.35. The number of aromatic nitrogens is 2. The zero-order chi connectivity index (χ0) is 18.7. The van der Waals surface area contributed by atoms with Gasteiger partial charge in [0.1, 0.15) is 0 Å². The maximum atomic E-state index is 12.4.